The van der Waals surface area contributed by atoms with Gasteiger partial charge in [-0.25, -0.2) is 4.39 Å². The molecule has 116 valence electrons. The Bertz CT molecular complexity index is 666. The zero-order chi connectivity index (χ0) is 15.7. The molecule has 22 heavy (non-hydrogen) atoms. The summed E-state index contributed by atoms with van der Waals surface area (Å²) in [5.74, 6) is -0.283. The molecule has 0 bridgehead atoms. The number of benzene rings is 1. The molecule has 0 aliphatic heterocycles. The van der Waals surface area contributed by atoms with Crippen LogP contribution in [0.2, 0.25) is 0 Å². The van der Waals surface area contributed by atoms with Crippen molar-refractivity contribution in [2.24, 2.45) is 5.41 Å². The first-order valence-corrected chi connectivity index (χ1v) is 7.92. The van der Waals surface area contributed by atoms with Crippen molar-refractivity contribution in [1.82, 2.24) is 10.3 Å². The van der Waals surface area contributed by atoms with Crippen molar-refractivity contribution in [1.29, 1.82) is 0 Å². The molecule has 0 unspecified atom stereocenters. The molecule has 1 N–H and O–H groups in total. The van der Waals surface area contributed by atoms with E-state index in [1.54, 1.807) is 12.3 Å². The fourth-order valence-corrected chi connectivity index (χ4v) is 3.39. The predicted octanol–water partition coefficient (Wildman–Crippen LogP) is 4.59. The second-order valence-electron chi connectivity index (χ2n) is 6.95. The van der Waals surface area contributed by atoms with E-state index in [9.17, 15) is 4.39 Å². The van der Waals surface area contributed by atoms with Crippen LogP contribution in [0.4, 0.5) is 4.39 Å². The van der Waals surface area contributed by atoms with Crippen LogP contribution in [0.1, 0.15) is 56.0 Å². The summed E-state index contributed by atoms with van der Waals surface area (Å²) in [6.07, 6.45) is 5.26. The van der Waals surface area contributed by atoms with Crippen molar-refractivity contribution in [3.8, 4) is 0 Å². The highest BCUT2D eigenvalue weighted by molar-refractivity contribution is 5.34. The average Bonchev–Trinajstić information content (AvgIpc) is 2.50. The lowest BCUT2D eigenvalue weighted by Gasteiger charge is -2.42. The number of pyridine rings is 1. The zero-order valence-corrected chi connectivity index (χ0v) is 13.4. The molecular weight excluding hydrogens is 275 g/mol. The summed E-state index contributed by atoms with van der Waals surface area (Å²) in [6, 6.07) is 10.5. The fraction of sp³-hybridized carbons (Fsp3) is 0.421. The minimum absolute atomic E-state index is 0.0543. The van der Waals surface area contributed by atoms with E-state index in [1.165, 1.54) is 17.3 Å². The first-order valence-electron chi connectivity index (χ1n) is 7.92. The van der Waals surface area contributed by atoms with Gasteiger partial charge in [-0.05, 0) is 47.9 Å². The molecule has 1 aromatic heterocycles. The number of rotatable bonds is 3. The number of nitrogens with one attached hydrogen (secondary N) is 1. The van der Waals surface area contributed by atoms with Gasteiger partial charge in [0, 0.05) is 18.3 Å². The van der Waals surface area contributed by atoms with Gasteiger partial charge >= 0.3 is 0 Å². The molecule has 1 aromatic carbocycles. The van der Waals surface area contributed by atoms with E-state index in [0.717, 1.165) is 18.4 Å². The van der Waals surface area contributed by atoms with Crippen LogP contribution in [0.5, 0.6) is 0 Å². The molecule has 1 aliphatic carbocycles. The van der Waals surface area contributed by atoms with Crippen LogP contribution in [-0.2, 0) is 6.42 Å². The normalized spacial score (nSPS) is 21.2. The maximum atomic E-state index is 13.4. The first-order chi connectivity index (χ1) is 10.5. The second-order valence-corrected chi connectivity index (χ2v) is 6.95. The lowest BCUT2D eigenvalue weighted by atomic mass is 9.70. The molecule has 0 radical (unpaired) electrons. The lowest BCUT2D eigenvalue weighted by molar-refractivity contribution is 0.196. The molecule has 0 amide bonds. The molecule has 3 rings (SSSR count). The minimum atomic E-state index is -0.283. The number of halogens is 1. The Kier molecular flexibility index (Phi) is 4.00. The minimum Gasteiger partial charge on any atom is -0.303 e. The zero-order valence-electron chi connectivity index (χ0n) is 13.4. The van der Waals surface area contributed by atoms with Crippen LogP contribution in [0.15, 0.2) is 42.7 Å². The van der Waals surface area contributed by atoms with Crippen molar-refractivity contribution in [3.63, 3.8) is 0 Å². The van der Waals surface area contributed by atoms with Gasteiger partial charge in [0.05, 0.1) is 6.20 Å². The van der Waals surface area contributed by atoms with Crippen molar-refractivity contribution in [2.45, 2.75) is 45.7 Å². The molecule has 0 fully saturated rings. The third-order valence-electron chi connectivity index (χ3n) is 4.83. The molecule has 2 aromatic rings. The maximum Gasteiger partial charge on any atom is 0.141 e. The monoisotopic (exact) mass is 298 g/mol. The summed E-state index contributed by atoms with van der Waals surface area (Å²) in [6.45, 7) is 6.68. The van der Waals surface area contributed by atoms with Crippen LogP contribution in [0.3, 0.4) is 0 Å². The van der Waals surface area contributed by atoms with E-state index in [1.807, 2.05) is 0 Å². The Morgan fingerprint density at radius 2 is 2.05 bits per heavy atom. The molecule has 1 heterocycles. The Labute approximate surface area is 131 Å². The van der Waals surface area contributed by atoms with E-state index in [2.05, 4.69) is 55.3 Å². The fourth-order valence-electron chi connectivity index (χ4n) is 3.39. The summed E-state index contributed by atoms with van der Waals surface area (Å²) in [5.41, 5.74) is 3.85. The number of nitrogens with zero attached hydrogens (tertiary/aromatic N) is 1. The Hall–Kier alpha value is -1.74. The van der Waals surface area contributed by atoms with E-state index >= 15 is 0 Å². The molecule has 0 saturated carbocycles. The SMILES string of the molecule is C[C@@H](N[C@@H]1c2ccccc2CCC1(C)C)c1cncc(F)c1. The van der Waals surface area contributed by atoms with Gasteiger partial charge in [-0.3, -0.25) is 4.98 Å². The molecule has 0 spiro atoms. The number of fused-ring (bicyclic) bond motifs is 1. The van der Waals surface area contributed by atoms with Gasteiger partial charge < -0.3 is 5.32 Å². The van der Waals surface area contributed by atoms with E-state index in [4.69, 9.17) is 0 Å². The molecular formula is C19H23FN2. The quantitative estimate of drug-likeness (QED) is 0.897. The standard InChI is InChI=1S/C19H23FN2/c1-13(15-10-16(20)12-21-11-15)22-18-17-7-5-4-6-14(17)8-9-19(18,2)3/h4-7,10-13,18,22H,8-9H2,1-3H3/t13-,18-/m1/s1. The van der Waals surface area contributed by atoms with Crippen molar-refractivity contribution in [3.05, 3.63) is 65.2 Å². The Morgan fingerprint density at radius 3 is 2.82 bits per heavy atom. The van der Waals surface area contributed by atoms with E-state index in [0.29, 0.717) is 0 Å². The molecule has 1 aliphatic rings. The smallest absolute Gasteiger partial charge is 0.141 e. The van der Waals surface area contributed by atoms with E-state index in [-0.39, 0.29) is 23.3 Å². The highest BCUT2D eigenvalue weighted by atomic mass is 19.1. The molecule has 0 saturated heterocycles. The largest absolute Gasteiger partial charge is 0.303 e. The topological polar surface area (TPSA) is 24.9 Å². The first kappa shape index (κ1) is 15.2. The van der Waals surface area contributed by atoms with Gasteiger partial charge in [0.2, 0.25) is 0 Å². The highest BCUT2D eigenvalue weighted by Crippen LogP contribution is 2.44. The summed E-state index contributed by atoms with van der Waals surface area (Å²) in [4.78, 5) is 3.96. The summed E-state index contributed by atoms with van der Waals surface area (Å²) in [7, 11) is 0. The Morgan fingerprint density at radius 1 is 1.27 bits per heavy atom. The van der Waals surface area contributed by atoms with Crippen molar-refractivity contribution >= 4 is 0 Å². The highest BCUT2D eigenvalue weighted by Gasteiger charge is 2.36. The number of aryl methyl sites for hydroxylation is 1. The molecule has 3 heteroatoms. The number of hydrogen-bond donors (Lipinski definition) is 1. The summed E-state index contributed by atoms with van der Waals surface area (Å²) in [5, 5.41) is 3.70. The molecule has 2 atom stereocenters. The number of aromatic nitrogens is 1. The summed E-state index contributed by atoms with van der Waals surface area (Å²) >= 11 is 0. The van der Waals surface area contributed by atoms with Crippen molar-refractivity contribution in [2.75, 3.05) is 0 Å². The third kappa shape index (κ3) is 2.91. The van der Waals surface area contributed by atoms with Crippen LogP contribution in [-0.4, -0.2) is 4.98 Å². The summed E-state index contributed by atoms with van der Waals surface area (Å²) < 4.78 is 13.4. The van der Waals surface area contributed by atoms with Gasteiger partial charge in [-0.1, -0.05) is 38.1 Å². The molecule has 2 nitrogen and oxygen atoms in total. The van der Waals surface area contributed by atoms with Gasteiger partial charge in [-0.15, -0.1) is 0 Å². The second kappa shape index (κ2) is 5.81. The van der Waals surface area contributed by atoms with E-state index < -0.39 is 0 Å². The van der Waals surface area contributed by atoms with Gasteiger partial charge in [0.15, 0.2) is 0 Å². The third-order valence-corrected chi connectivity index (χ3v) is 4.83. The van der Waals surface area contributed by atoms with Gasteiger partial charge in [-0.2, -0.15) is 0 Å². The van der Waals surface area contributed by atoms with Gasteiger partial charge in [0.25, 0.3) is 0 Å². The van der Waals surface area contributed by atoms with Crippen LogP contribution >= 0.6 is 0 Å². The van der Waals surface area contributed by atoms with Crippen molar-refractivity contribution < 1.29 is 4.39 Å². The van der Waals surface area contributed by atoms with Crippen LogP contribution in [0.25, 0.3) is 0 Å². The average molecular weight is 298 g/mol. The van der Waals surface area contributed by atoms with Gasteiger partial charge in [0.1, 0.15) is 5.82 Å². The van der Waals surface area contributed by atoms with Crippen LogP contribution < -0.4 is 5.32 Å². The Balaban J connectivity index is 1.89. The maximum absolute atomic E-state index is 13.4. The lowest BCUT2D eigenvalue weighted by Crippen LogP contribution is -2.39. The number of hydrogen-bond acceptors (Lipinski definition) is 2. The predicted molar refractivity (Wildman–Crippen MR) is 87.0 cm³/mol. The van der Waals surface area contributed by atoms with Crippen LogP contribution in [0, 0.1) is 11.2 Å².